The van der Waals surface area contributed by atoms with Gasteiger partial charge in [-0.15, -0.1) is 11.3 Å². The Kier molecular flexibility index (Phi) is 6.03. The fourth-order valence-corrected chi connectivity index (χ4v) is 3.62. The van der Waals surface area contributed by atoms with Crippen molar-refractivity contribution >= 4 is 34.7 Å². The van der Waals surface area contributed by atoms with Crippen LogP contribution >= 0.6 is 23.1 Å². The molecular weight excluding hydrogens is 374 g/mol. The Morgan fingerprint density at radius 1 is 1.52 bits per heavy atom. The Morgan fingerprint density at radius 3 is 2.80 bits per heavy atom. The van der Waals surface area contributed by atoms with E-state index in [2.05, 4.69) is 4.98 Å². The Bertz CT molecular complexity index is 798. The lowest BCUT2D eigenvalue weighted by Crippen LogP contribution is -2.41. The van der Waals surface area contributed by atoms with Crippen LogP contribution in [-0.2, 0) is 0 Å². The summed E-state index contributed by atoms with van der Waals surface area (Å²) in [6, 6.07) is 3.79. The van der Waals surface area contributed by atoms with Crippen molar-refractivity contribution in [3.05, 3.63) is 45.0 Å². The van der Waals surface area contributed by atoms with Gasteiger partial charge in [0, 0.05) is 22.7 Å². The molecule has 1 heterocycles. The van der Waals surface area contributed by atoms with Gasteiger partial charge in [-0.1, -0.05) is 11.8 Å². The van der Waals surface area contributed by atoms with E-state index in [9.17, 15) is 23.7 Å². The lowest BCUT2D eigenvalue weighted by Gasteiger charge is -2.14. The highest BCUT2D eigenvalue weighted by Crippen LogP contribution is 2.36. The van der Waals surface area contributed by atoms with E-state index in [0.717, 1.165) is 23.5 Å². The van der Waals surface area contributed by atoms with Crippen LogP contribution in [-0.4, -0.2) is 34.8 Å². The van der Waals surface area contributed by atoms with Crippen molar-refractivity contribution in [2.75, 3.05) is 13.1 Å². The zero-order chi connectivity index (χ0) is 18.6. The number of hydrogen-bond acceptors (Lipinski definition) is 7. The average molecular weight is 388 g/mol. The van der Waals surface area contributed by atoms with Gasteiger partial charge >= 0.3 is 0 Å². The number of carbonyl (C=O) groups is 1. The summed E-state index contributed by atoms with van der Waals surface area (Å²) in [5.74, 6) is -4.07. The van der Waals surface area contributed by atoms with Gasteiger partial charge < -0.3 is 11.1 Å². The van der Waals surface area contributed by atoms with Gasteiger partial charge in [-0.05, 0) is 19.1 Å². The van der Waals surface area contributed by atoms with Gasteiger partial charge in [0.2, 0.25) is 0 Å². The monoisotopic (exact) mass is 388 g/mol. The number of nitro groups is 1. The summed E-state index contributed by atoms with van der Waals surface area (Å²) in [4.78, 5) is 27.1. The van der Waals surface area contributed by atoms with Crippen molar-refractivity contribution in [3.63, 3.8) is 0 Å². The summed E-state index contributed by atoms with van der Waals surface area (Å²) in [5.41, 5.74) is 5.31. The molecule has 0 aliphatic heterocycles. The fraction of sp³-hybridized carbons (Fsp3) is 0.286. The first-order valence-corrected chi connectivity index (χ1v) is 8.66. The second kappa shape index (κ2) is 7.85. The van der Waals surface area contributed by atoms with E-state index >= 15 is 0 Å². The van der Waals surface area contributed by atoms with Crippen LogP contribution in [0, 0.1) is 17.0 Å². The van der Waals surface area contributed by atoms with Gasteiger partial charge in [0.1, 0.15) is 0 Å². The fourth-order valence-electron chi connectivity index (χ4n) is 1.74. The minimum absolute atomic E-state index is 0.0841. The minimum atomic E-state index is -3.24. The van der Waals surface area contributed by atoms with E-state index < -0.39 is 29.8 Å². The molecule has 11 heteroatoms. The quantitative estimate of drug-likeness (QED) is 0.557. The number of amides is 1. The topological polar surface area (TPSA) is 111 Å². The zero-order valence-corrected chi connectivity index (χ0v) is 14.6. The molecule has 0 atom stereocenters. The van der Waals surface area contributed by atoms with Gasteiger partial charge in [0.15, 0.2) is 4.34 Å². The van der Waals surface area contributed by atoms with Crippen molar-refractivity contribution in [1.29, 1.82) is 0 Å². The molecule has 3 N–H and O–H groups in total. The maximum absolute atomic E-state index is 13.1. The number of nitrogens with one attached hydrogen (secondary N) is 1. The van der Waals surface area contributed by atoms with Crippen LogP contribution in [0.3, 0.4) is 0 Å². The summed E-state index contributed by atoms with van der Waals surface area (Å²) in [6.07, 6.45) is 0. The molecule has 2 rings (SSSR count). The first-order valence-electron chi connectivity index (χ1n) is 6.96. The molecule has 1 amide bonds. The number of aromatic nitrogens is 1. The molecule has 0 radical (unpaired) electrons. The number of carbonyl (C=O) groups excluding carboxylic acids is 1. The molecule has 1 aromatic heterocycles. The third-order valence-electron chi connectivity index (χ3n) is 3.02. The number of nitrogens with zero attached hydrogens (tertiary/aromatic N) is 2. The summed E-state index contributed by atoms with van der Waals surface area (Å²) < 4.78 is 26.8. The first-order chi connectivity index (χ1) is 11.7. The lowest BCUT2D eigenvalue weighted by molar-refractivity contribution is -0.387. The van der Waals surface area contributed by atoms with Crippen LogP contribution in [0.2, 0.25) is 0 Å². The zero-order valence-electron chi connectivity index (χ0n) is 13.0. The third-order valence-corrected chi connectivity index (χ3v) is 5.14. The highest BCUT2D eigenvalue weighted by atomic mass is 32.2. The smallest absolute Gasteiger partial charge is 0.284 e. The second-order valence-corrected chi connectivity index (χ2v) is 7.19. The molecular formula is C14H14F2N4O3S2. The van der Waals surface area contributed by atoms with Gasteiger partial charge in [-0.25, -0.2) is 13.8 Å². The van der Waals surface area contributed by atoms with Crippen LogP contribution in [0.5, 0.6) is 0 Å². The van der Waals surface area contributed by atoms with Crippen molar-refractivity contribution in [2.24, 2.45) is 5.73 Å². The van der Waals surface area contributed by atoms with Crippen LogP contribution in [0.25, 0.3) is 0 Å². The van der Waals surface area contributed by atoms with E-state index in [4.69, 9.17) is 5.73 Å². The van der Waals surface area contributed by atoms with Gasteiger partial charge in [-0.3, -0.25) is 14.9 Å². The highest BCUT2D eigenvalue weighted by molar-refractivity contribution is 8.01. The Morgan fingerprint density at radius 2 is 2.24 bits per heavy atom. The molecule has 0 aliphatic rings. The van der Waals surface area contributed by atoms with E-state index in [-0.39, 0.29) is 11.3 Å². The number of aryl methyl sites for hydroxylation is 1. The number of alkyl halides is 2. The van der Waals surface area contributed by atoms with E-state index in [1.54, 1.807) is 6.92 Å². The predicted octanol–water partition coefficient (Wildman–Crippen LogP) is 2.83. The number of thiazole rings is 1. The first kappa shape index (κ1) is 19.2. The molecule has 0 saturated heterocycles. The molecule has 7 nitrogen and oxygen atoms in total. The molecule has 0 spiro atoms. The minimum Gasteiger partial charge on any atom is -0.346 e. The molecule has 25 heavy (non-hydrogen) atoms. The number of hydrogen-bond donors (Lipinski definition) is 2. The largest absolute Gasteiger partial charge is 0.346 e. The number of nitrogens with two attached hydrogens (primary N) is 1. The van der Waals surface area contributed by atoms with Crippen molar-refractivity contribution in [1.82, 2.24) is 10.3 Å². The molecule has 0 fully saturated rings. The number of benzene rings is 1. The van der Waals surface area contributed by atoms with Gasteiger partial charge in [0.05, 0.1) is 22.9 Å². The third kappa shape index (κ3) is 5.18. The van der Waals surface area contributed by atoms with Crippen molar-refractivity contribution in [2.45, 2.75) is 22.1 Å². The number of halogens is 2. The van der Waals surface area contributed by atoms with Crippen molar-refractivity contribution < 1.29 is 18.5 Å². The summed E-state index contributed by atoms with van der Waals surface area (Å²) in [6.45, 7) is -0.0409. The normalized spacial score (nSPS) is 11.4. The van der Waals surface area contributed by atoms with Crippen LogP contribution in [0.4, 0.5) is 14.5 Å². The van der Waals surface area contributed by atoms with E-state index in [1.807, 2.05) is 10.7 Å². The molecule has 0 aliphatic carbocycles. The summed E-state index contributed by atoms with van der Waals surface area (Å²) in [5, 5.41) is 15.1. The highest BCUT2D eigenvalue weighted by Gasteiger charge is 2.28. The van der Waals surface area contributed by atoms with E-state index in [1.165, 1.54) is 23.5 Å². The van der Waals surface area contributed by atoms with E-state index in [0.29, 0.717) is 9.24 Å². The average Bonchev–Trinajstić information content (AvgIpc) is 2.98. The van der Waals surface area contributed by atoms with Crippen molar-refractivity contribution in [3.8, 4) is 0 Å². The summed E-state index contributed by atoms with van der Waals surface area (Å²) >= 11 is 2.45. The Balaban J connectivity index is 2.20. The predicted molar refractivity (Wildman–Crippen MR) is 90.4 cm³/mol. The van der Waals surface area contributed by atoms with Gasteiger partial charge in [-0.2, -0.15) is 0 Å². The maximum atomic E-state index is 13.1. The molecule has 0 bridgehead atoms. The molecule has 134 valence electrons. The number of rotatable bonds is 7. The van der Waals surface area contributed by atoms with Crippen LogP contribution in [0.15, 0.2) is 32.8 Å². The lowest BCUT2D eigenvalue weighted by atomic mass is 10.2. The molecule has 1 aromatic carbocycles. The Hall–Kier alpha value is -2.11. The number of nitro benzene ring substituents is 1. The van der Waals surface area contributed by atoms with Crippen LogP contribution in [0.1, 0.15) is 16.1 Å². The molecule has 2 aromatic rings. The molecule has 0 saturated carbocycles. The van der Waals surface area contributed by atoms with Crippen LogP contribution < -0.4 is 11.1 Å². The maximum Gasteiger partial charge on any atom is 0.284 e. The second-order valence-electron chi connectivity index (χ2n) is 5.04. The summed E-state index contributed by atoms with van der Waals surface area (Å²) in [7, 11) is 0. The van der Waals surface area contributed by atoms with Gasteiger partial charge in [0.25, 0.3) is 17.5 Å². The SMILES string of the molecule is Cc1csc(Sc2ccc(C(=O)NCC(F)(F)CN)cc2[N+](=O)[O-])n1. The standard InChI is InChI=1S/C14H14F2N4O3S2/c1-8-5-24-13(19-8)25-11-3-2-9(4-10(11)20(22)23)12(21)18-7-14(15,16)6-17/h2-5H,6-7,17H2,1H3,(H,18,21). The molecule has 0 unspecified atom stereocenters. The Labute approximate surface area is 149 Å².